The van der Waals surface area contributed by atoms with E-state index in [1.165, 1.54) is 11.3 Å². The predicted molar refractivity (Wildman–Crippen MR) is 91.4 cm³/mol. The number of urea groups is 1. The van der Waals surface area contributed by atoms with Crippen molar-refractivity contribution in [2.24, 2.45) is 0 Å². The zero-order chi connectivity index (χ0) is 15.8. The van der Waals surface area contributed by atoms with Crippen molar-refractivity contribution in [2.75, 3.05) is 16.0 Å². The van der Waals surface area contributed by atoms with E-state index in [1.807, 2.05) is 29.6 Å². The lowest BCUT2D eigenvalue weighted by atomic mass is 10.1. The Kier molecular flexibility index (Phi) is 3.20. The van der Waals surface area contributed by atoms with Crippen LogP contribution in [0.3, 0.4) is 0 Å². The second-order valence-electron chi connectivity index (χ2n) is 5.18. The van der Waals surface area contributed by atoms with E-state index >= 15 is 0 Å². The Bertz CT molecular complexity index is 877. The van der Waals surface area contributed by atoms with Crippen LogP contribution in [0, 0.1) is 0 Å². The van der Waals surface area contributed by atoms with Gasteiger partial charge in [-0.25, -0.2) is 9.78 Å². The Balaban J connectivity index is 1.65. The molecule has 2 amide bonds. The molecular weight excluding hydrogens is 310 g/mol. The minimum Gasteiger partial charge on any atom is -0.399 e. The first-order chi connectivity index (χ1) is 11.2. The van der Waals surface area contributed by atoms with E-state index in [0.29, 0.717) is 18.1 Å². The highest BCUT2D eigenvalue weighted by Crippen LogP contribution is 2.32. The molecule has 0 bridgehead atoms. The van der Waals surface area contributed by atoms with Crippen molar-refractivity contribution >= 4 is 34.6 Å². The number of carbonyl (C=O) groups is 1. The summed E-state index contributed by atoms with van der Waals surface area (Å²) in [6.45, 7) is 0.473. The fourth-order valence-corrected chi connectivity index (χ4v) is 3.29. The number of hydrogen-bond acceptors (Lipinski definition) is 5. The number of aromatic nitrogens is 2. The minimum atomic E-state index is -0.199. The van der Waals surface area contributed by atoms with Crippen molar-refractivity contribution in [2.45, 2.75) is 6.54 Å². The predicted octanol–water partition coefficient (Wildman–Crippen LogP) is 3.34. The van der Waals surface area contributed by atoms with Gasteiger partial charge in [0.2, 0.25) is 0 Å². The molecule has 1 aromatic carbocycles. The third kappa shape index (κ3) is 2.51. The monoisotopic (exact) mass is 323 g/mol. The first-order valence-electron chi connectivity index (χ1n) is 7.03. The van der Waals surface area contributed by atoms with Gasteiger partial charge in [-0.15, -0.1) is 11.3 Å². The number of pyridine rings is 1. The van der Waals surface area contributed by atoms with Crippen LogP contribution in [0.1, 0.15) is 5.56 Å². The molecule has 1 aliphatic rings. The van der Waals surface area contributed by atoms with Crippen LogP contribution >= 0.6 is 11.3 Å². The van der Waals surface area contributed by atoms with Crippen molar-refractivity contribution in [3.05, 3.63) is 53.7 Å². The van der Waals surface area contributed by atoms with Gasteiger partial charge in [0.25, 0.3) is 0 Å². The SMILES string of the molecule is Nc1ccc2c(c1)NC(=O)N(c1csc(-c3ccncc3)n1)C2. The number of nitrogens with two attached hydrogens (primary N) is 1. The molecule has 2 aromatic heterocycles. The summed E-state index contributed by atoms with van der Waals surface area (Å²) >= 11 is 1.50. The van der Waals surface area contributed by atoms with E-state index < -0.39 is 0 Å². The number of nitrogens with one attached hydrogen (secondary N) is 1. The molecule has 0 saturated carbocycles. The number of anilines is 3. The number of hydrogen-bond donors (Lipinski definition) is 2. The highest BCUT2D eigenvalue weighted by atomic mass is 32.1. The summed E-state index contributed by atoms with van der Waals surface area (Å²) in [7, 11) is 0. The maximum Gasteiger partial charge on any atom is 0.327 e. The van der Waals surface area contributed by atoms with Crippen molar-refractivity contribution in [3.8, 4) is 10.6 Å². The second-order valence-corrected chi connectivity index (χ2v) is 6.04. The first kappa shape index (κ1) is 13.7. The third-order valence-corrected chi connectivity index (χ3v) is 4.52. The Labute approximate surface area is 136 Å². The Morgan fingerprint density at radius 3 is 2.87 bits per heavy atom. The Hall–Kier alpha value is -2.93. The van der Waals surface area contributed by atoms with E-state index in [2.05, 4.69) is 15.3 Å². The zero-order valence-corrected chi connectivity index (χ0v) is 12.9. The molecule has 3 heterocycles. The Morgan fingerprint density at radius 1 is 1.22 bits per heavy atom. The van der Waals surface area contributed by atoms with Crippen LogP contribution in [0.2, 0.25) is 0 Å². The van der Waals surface area contributed by atoms with Crippen molar-refractivity contribution in [1.82, 2.24) is 9.97 Å². The van der Waals surface area contributed by atoms with Gasteiger partial charge < -0.3 is 11.1 Å². The maximum absolute atomic E-state index is 12.3. The number of benzene rings is 1. The van der Waals surface area contributed by atoms with E-state index in [9.17, 15) is 4.79 Å². The molecule has 0 saturated heterocycles. The smallest absolute Gasteiger partial charge is 0.327 e. The second kappa shape index (κ2) is 5.36. The molecule has 3 aromatic rings. The number of rotatable bonds is 2. The first-order valence-corrected chi connectivity index (χ1v) is 7.91. The van der Waals surface area contributed by atoms with E-state index in [0.717, 1.165) is 21.8 Å². The molecule has 6 nitrogen and oxygen atoms in total. The lowest BCUT2D eigenvalue weighted by Crippen LogP contribution is -2.38. The number of carbonyl (C=O) groups excluding carboxylic acids is 1. The number of fused-ring (bicyclic) bond motifs is 1. The summed E-state index contributed by atoms with van der Waals surface area (Å²) in [4.78, 5) is 22.5. The van der Waals surface area contributed by atoms with E-state index in [-0.39, 0.29) is 6.03 Å². The van der Waals surface area contributed by atoms with Crippen LogP contribution in [0.15, 0.2) is 48.1 Å². The average molecular weight is 323 g/mol. The lowest BCUT2D eigenvalue weighted by Gasteiger charge is -2.27. The van der Waals surface area contributed by atoms with Crippen LogP contribution in [-0.4, -0.2) is 16.0 Å². The zero-order valence-electron chi connectivity index (χ0n) is 12.1. The molecular formula is C16H13N5OS. The van der Waals surface area contributed by atoms with Crippen LogP contribution < -0.4 is 16.0 Å². The summed E-state index contributed by atoms with van der Waals surface area (Å²) < 4.78 is 0. The largest absolute Gasteiger partial charge is 0.399 e. The van der Waals surface area contributed by atoms with Gasteiger partial charge in [-0.1, -0.05) is 6.07 Å². The molecule has 0 aliphatic carbocycles. The quantitative estimate of drug-likeness (QED) is 0.708. The van der Waals surface area contributed by atoms with Gasteiger partial charge in [0.1, 0.15) is 10.8 Å². The van der Waals surface area contributed by atoms with Crippen LogP contribution in [0.5, 0.6) is 0 Å². The summed E-state index contributed by atoms with van der Waals surface area (Å²) in [5.74, 6) is 0.641. The molecule has 0 unspecified atom stereocenters. The standard InChI is InChI=1S/C16H13N5OS/c17-12-2-1-11-8-21(16(22)19-13(11)7-12)14-9-23-15(20-14)10-3-5-18-6-4-10/h1-7,9H,8,17H2,(H,19,22). The van der Waals surface area contributed by atoms with Gasteiger partial charge in [-0.05, 0) is 29.8 Å². The molecule has 23 heavy (non-hydrogen) atoms. The number of amides is 2. The van der Waals surface area contributed by atoms with Gasteiger partial charge in [-0.2, -0.15) is 0 Å². The fraction of sp³-hybridized carbons (Fsp3) is 0.0625. The van der Waals surface area contributed by atoms with Gasteiger partial charge in [0.05, 0.1) is 6.54 Å². The summed E-state index contributed by atoms with van der Waals surface area (Å²) in [6, 6.07) is 9.13. The molecule has 7 heteroatoms. The van der Waals surface area contributed by atoms with Crippen LogP contribution in [0.25, 0.3) is 10.6 Å². The Morgan fingerprint density at radius 2 is 2.04 bits per heavy atom. The fourth-order valence-electron chi connectivity index (χ4n) is 2.47. The number of nitrogen functional groups attached to an aromatic ring is 1. The van der Waals surface area contributed by atoms with E-state index in [4.69, 9.17) is 5.73 Å². The lowest BCUT2D eigenvalue weighted by molar-refractivity contribution is 0.256. The summed E-state index contributed by atoms with van der Waals surface area (Å²) in [5.41, 5.74) is 9.15. The maximum atomic E-state index is 12.3. The van der Waals surface area contributed by atoms with Crippen molar-refractivity contribution < 1.29 is 4.79 Å². The number of thiazole rings is 1. The third-order valence-electron chi connectivity index (χ3n) is 3.65. The van der Waals surface area contributed by atoms with Crippen molar-refractivity contribution in [3.63, 3.8) is 0 Å². The molecule has 114 valence electrons. The summed E-state index contributed by atoms with van der Waals surface area (Å²) in [5, 5.41) is 5.61. The molecule has 0 radical (unpaired) electrons. The van der Waals surface area contributed by atoms with Crippen LogP contribution in [-0.2, 0) is 6.54 Å². The molecule has 1 aliphatic heterocycles. The topological polar surface area (TPSA) is 84.1 Å². The minimum absolute atomic E-state index is 0.199. The van der Waals surface area contributed by atoms with Gasteiger partial charge >= 0.3 is 6.03 Å². The van der Waals surface area contributed by atoms with Crippen molar-refractivity contribution in [1.29, 1.82) is 0 Å². The van der Waals surface area contributed by atoms with Gasteiger partial charge in [0.15, 0.2) is 0 Å². The average Bonchev–Trinajstić information content (AvgIpc) is 3.05. The van der Waals surface area contributed by atoms with Gasteiger partial charge in [0, 0.05) is 34.7 Å². The molecule has 0 fully saturated rings. The normalized spacial score (nSPS) is 13.6. The highest BCUT2D eigenvalue weighted by molar-refractivity contribution is 7.13. The van der Waals surface area contributed by atoms with Gasteiger partial charge in [-0.3, -0.25) is 9.88 Å². The van der Waals surface area contributed by atoms with E-state index in [1.54, 1.807) is 23.4 Å². The molecule has 3 N–H and O–H groups in total. The molecule has 0 spiro atoms. The summed E-state index contributed by atoms with van der Waals surface area (Å²) in [6.07, 6.45) is 3.45. The molecule has 0 atom stereocenters. The highest BCUT2D eigenvalue weighted by Gasteiger charge is 2.25. The molecule has 4 rings (SSSR count). The number of nitrogens with zero attached hydrogens (tertiary/aromatic N) is 3. The van der Waals surface area contributed by atoms with Crippen LogP contribution in [0.4, 0.5) is 22.0 Å².